The van der Waals surface area contributed by atoms with E-state index in [9.17, 15) is 13.6 Å². The second-order valence-electron chi connectivity index (χ2n) is 3.59. The summed E-state index contributed by atoms with van der Waals surface area (Å²) in [6.45, 7) is 0. The number of halogens is 2. The van der Waals surface area contributed by atoms with Gasteiger partial charge in [0.2, 0.25) is 0 Å². The molecule has 0 aliphatic rings. The van der Waals surface area contributed by atoms with Crippen LogP contribution in [0.4, 0.5) is 14.5 Å². The Morgan fingerprint density at radius 2 is 1.74 bits per heavy atom. The average Bonchev–Trinajstić information content (AvgIpc) is 2.41. The third kappa shape index (κ3) is 4.03. The number of benzene rings is 1. The molecule has 0 unspecified atom stereocenters. The summed E-state index contributed by atoms with van der Waals surface area (Å²) in [5.41, 5.74) is 1.04. The summed E-state index contributed by atoms with van der Waals surface area (Å²) in [4.78, 5) is 16.1. The van der Waals surface area contributed by atoms with Gasteiger partial charge in [0.15, 0.2) is 0 Å². The van der Waals surface area contributed by atoms with E-state index in [2.05, 4.69) is 10.3 Å². The Bertz CT molecular complexity index is 546. The van der Waals surface area contributed by atoms with Crippen LogP contribution in [0.3, 0.4) is 0 Å². The van der Waals surface area contributed by atoms with Crippen LogP contribution < -0.4 is 5.32 Å². The zero-order chi connectivity index (χ0) is 13.7. The number of nitrogens with zero attached hydrogens (tertiary/aromatic N) is 1. The predicted octanol–water partition coefficient (Wildman–Crippen LogP) is 3.65. The number of pyridine rings is 1. The molecule has 6 heteroatoms. The normalized spacial score (nSPS) is 10.5. The molecule has 19 heavy (non-hydrogen) atoms. The smallest absolute Gasteiger partial charge is 0.288 e. The van der Waals surface area contributed by atoms with E-state index >= 15 is 0 Å². The SMILES string of the molecule is O=C(Nc1ccc(SC(F)F)cc1)c1ccncc1. The summed E-state index contributed by atoms with van der Waals surface area (Å²) in [7, 11) is 0. The van der Waals surface area contributed by atoms with Gasteiger partial charge in [-0.3, -0.25) is 9.78 Å². The lowest BCUT2D eigenvalue weighted by Crippen LogP contribution is -2.11. The number of hydrogen-bond donors (Lipinski definition) is 1. The summed E-state index contributed by atoms with van der Waals surface area (Å²) in [5.74, 6) is -2.71. The van der Waals surface area contributed by atoms with E-state index in [0.29, 0.717) is 27.9 Å². The highest BCUT2D eigenvalue weighted by Gasteiger charge is 2.07. The molecule has 1 heterocycles. The van der Waals surface area contributed by atoms with Gasteiger partial charge in [0.1, 0.15) is 0 Å². The van der Waals surface area contributed by atoms with Gasteiger partial charge in [-0.2, -0.15) is 8.78 Å². The molecule has 1 N–H and O–H groups in total. The number of carbonyl (C=O) groups is 1. The second kappa shape index (κ2) is 6.29. The van der Waals surface area contributed by atoms with Crippen LogP contribution in [0.5, 0.6) is 0 Å². The van der Waals surface area contributed by atoms with E-state index in [0.717, 1.165) is 0 Å². The van der Waals surface area contributed by atoms with Crippen LogP contribution >= 0.6 is 11.8 Å². The van der Waals surface area contributed by atoms with Crippen molar-refractivity contribution in [2.75, 3.05) is 5.32 Å². The van der Waals surface area contributed by atoms with Crippen molar-refractivity contribution in [1.82, 2.24) is 4.98 Å². The highest BCUT2D eigenvalue weighted by atomic mass is 32.2. The molecule has 98 valence electrons. The Labute approximate surface area is 113 Å². The molecular formula is C13H10F2N2OS. The van der Waals surface area contributed by atoms with Gasteiger partial charge in [0.05, 0.1) is 0 Å². The van der Waals surface area contributed by atoms with E-state index in [-0.39, 0.29) is 5.91 Å². The zero-order valence-electron chi connectivity index (χ0n) is 9.72. The van der Waals surface area contributed by atoms with Crippen molar-refractivity contribution in [3.63, 3.8) is 0 Å². The first-order valence-electron chi connectivity index (χ1n) is 5.41. The fourth-order valence-electron chi connectivity index (χ4n) is 1.43. The number of carbonyl (C=O) groups excluding carboxylic acids is 1. The molecule has 0 aliphatic carbocycles. The van der Waals surface area contributed by atoms with Crippen LogP contribution in [0.15, 0.2) is 53.7 Å². The fraction of sp³-hybridized carbons (Fsp3) is 0.0769. The summed E-state index contributed by atoms with van der Waals surface area (Å²) in [6, 6.07) is 9.44. The monoisotopic (exact) mass is 280 g/mol. The molecule has 3 nitrogen and oxygen atoms in total. The number of anilines is 1. The van der Waals surface area contributed by atoms with E-state index in [1.54, 1.807) is 36.4 Å². The van der Waals surface area contributed by atoms with Crippen molar-refractivity contribution in [2.45, 2.75) is 10.7 Å². The molecule has 1 aromatic heterocycles. The van der Waals surface area contributed by atoms with Gasteiger partial charge in [0, 0.05) is 28.5 Å². The van der Waals surface area contributed by atoms with Crippen molar-refractivity contribution in [2.24, 2.45) is 0 Å². The third-order valence-electron chi connectivity index (χ3n) is 2.28. The van der Waals surface area contributed by atoms with Gasteiger partial charge in [-0.25, -0.2) is 0 Å². The lowest BCUT2D eigenvalue weighted by atomic mass is 10.2. The van der Waals surface area contributed by atoms with Gasteiger partial charge in [0.25, 0.3) is 11.7 Å². The Morgan fingerprint density at radius 1 is 1.11 bits per heavy atom. The number of amides is 1. The Kier molecular flexibility index (Phi) is 4.46. The lowest BCUT2D eigenvalue weighted by Gasteiger charge is -2.06. The molecule has 0 aliphatic heterocycles. The third-order valence-corrected chi connectivity index (χ3v) is 3.00. The fourth-order valence-corrected chi connectivity index (χ4v) is 1.93. The summed E-state index contributed by atoms with van der Waals surface area (Å²) in [5, 5.41) is 2.68. The van der Waals surface area contributed by atoms with Gasteiger partial charge >= 0.3 is 0 Å². The van der Waals surface area contributed by atoms with Crippen LogP contribution in [0.1, 0.15) is 10.4 Å². The Hall–Kier alpha value is -1.95. The largest absolute Gasteiger partial charge is 0.322 e. The number of aromatic nitrogens is 1. The topological polar surface area (TPSA) is 42.0 Å². The number of alkyl halides is 2. The molecule has 1 amide bonds. The molecule has 2 aromatic rings. The van der Waals surface area contributed by atoms with Crippen LogP contribution in [-0.4, -0.2) is 16.6 Å². The highest BCUT2D eigenvalue weighted by molar-refractivity contribution is 7.99. The van der Waals surface area contributed by atoms with Crippen LogP contribution in [0, 0.1) is 0 Å². The molecule has 2 rings (SSSR count). The van der Waals surface area contributed by atoms with Gasteiger partial charge in [-0.15, -0.1) is 0 Å². The lowest BCUT2D eigenvalue weighted by molar-refractivity contribution is 0.102. The maximum Gasteiger partial charge on any atom is 0.288 e. The van der Waals surface area contributed by atoms with Crippen LogP contribution in [-0.2, 0) is 0 Å². The molecule has 0 saturated heterocycles. The Morgan fingerprint density at radius 3 is 2.32 bits per heavy atom. The number of hydrogen-bond acceptors (Lipinski definition) is 3. The first kappa shape index (κ1) is 13.5. The molecule has 0 fully saturated rings. The van der Waals surface area contributed by atoms with E-state index in [1.165, 1.54) is 12.4 Å². The first-order chi connectivity index (χ1) is 9.15. The summed E-state index contributed by atoms with van der Waals surface area (Å²) >= 11 is 0.468. The average molecular weight is 280 g/mol. The van der Waals surface area contributed by atoms with Crippen molar-refractivity contribution in [3.8, 4) is 0 Å². The molecular weight excluding hydrogens is 270 g/mol. The predicted molar refractivity (Wildman–Crippen MR) is 70.5 cm³/mol. The maximum atomic E-state index is 12.1. The molecule has 0 atom stereocenters. The van der Waals surface area contributed by atoms with Gasteiger partial charge < -0.3 is 5.32 Å². The molecule has 0 saturated carbocycles. The number of rotatable bonds is 4. The quantitative estimate of drug-likeness (QED) is 0.869. The standard InChI is InChI=1S/C13H10F2N2OS/c14-13(15)19-11-3-1-10(2-4-11)17-12(18)9-5-7-16-8-6-9/h1-8,13H,(H,17,18). The van der Waals surface area contributed by atoms with E-state index < -0.39 is 5.76 Å². The van der Waals surface area contributed by atoms with E-state index in [1.807, 2.05) is 0 Å². The minimum absolute atomic E-state index is 0.267. The van der Waals surface area contributed by atoms with Crippen LogP contribution in [0.2, 0.25) is 0 Å². The second-order valence-corrected chi connectivity index (χ2v) is 4.66. The summed E-state index contributed by atoms with van der Waals surface area (Å²) in [6.07, 6.45) is 3.05. The van der Waals surface area contributed by atoms with Crippen molar-refractivity contribution < 1.29 is 13.6 Å². The Balaban J connectivity index is 2.02. The zero-order valence-corrected chi connectivity index (χ0v) is 10.5. The number of nitrogens with one attached hydrogen (secondary N) is 1. The van der Waals surface area contributed by atoms with E-state index in [4.69, 9.17) is 0 Å². The van der Waals surface area contributed by atoms with Crippen LogP contribution in [0.25, 0.3) is 0 Å². The molecule has 0 radical (unpaired) electrons. The van der Waals surface area contributed by atoms with Crippen molar-refractivity contribution in [3.05, 3.63) is 54.4 Å². The summed E-state index contributed by atoms with van der Waals surface area (Å²) < 4.78 is 24.3. The van der Waals surface area contributed by atoms with Crippen molar-refractivity contribution in [1.29, 1.82) is 0 Å². The maximum absolute atomic E-state index is 12.1. The molecule has 1 aromatic carbocycles. The van der Waals surface area contributed by atoms with Gasteiger partial charge in [-0.1, -0.05) is 11.8 Å². The minimum atomic E-state index is -2.45. The highest BCUT2D eigenvalue weighted by Crippen LogP contribution is 2.26. The molecule has 0 bridgehead atoms. The molecule has 0 spiro atoms. The van der Waals surface area contributed by atoms with Gasteiger partial charge in [-0.05, 0) is 36.4 Å². The first-order valence-corrected chi connectivity index (χ1v) is 6.29. The van der Waals surface area contributed by atoms with Crippen molar-refractivity contribution >= 4 is 23.4 Å². The number of thioether (sulfide) groups is 1. The minimum Gasteiger partial charge on any atom is -0.322 e.